The van der Waals surface area contributed by atoms with E-state index in [2.05, 4.69) is 66.3 Å². The van der Waals surface area contributed by atoms with Crippen molar-refractivity contribution in [2.75, 3.05) is 0 Å². The summed E-state index contributed by atoms with van der Waals surface area (Å²) in [4.78, 5) is 27.8. The molecule has 0 atom stereocenters. The summed E-state index contributed by atoms with van der Waals surface area (Å²) < 4.78 is 0. The van der Waals surface area contributed by atoms with Crippen molar-refractivity contribution in [2.45, 2.75) is 0 Å². The average molecular weight is 1040 g/mol. The Morgan fingerprint density at radius 1 is 0.420 bits per heavy atom. The van der Waals surface area contributed by atoms with E-state index in [0.717, 1.165) is 54.2 Å². The van der Waals surface area contributed by atoms with Crippen molar-refractivity contribution in [2.24, 2.45) is 0 Å². The third-order valence-electron chi connectivity index (χ3n) is 7.15. The van der Waals surface area contributed by atoms with Gasteiger partial charge in [0.1, 0.15) is 0 Å². The van der Waals surface area contributed by atoms with Crippen LogP contribution in [0.4, 0.5) is 0 Å². The predicted molar refractivity (Wildman–Crippen MR) is 198 cm³/mol. The first-order valence-corrected chi connectivity index (χ1v) is 16.8. The number of thiophene rings is 2. The van der Waals surface area contributed by atoms with Crippen LogP contribution in [0.1, 0.15) is 0 Å². The molecule has 10 heteroatoms. The Labute approximate surface area is 326 Å². The summed E-state index contributed by atoms with van der Waals surface area (Å²) in [6, 6.07) is 46.0. The van der Waals surface area contributed by atoms with Gasteiger partial charge in [0.2, 0.25) is 0 Å². The van der Waals surface area contributed by atoms with Gasteiger partial charge in [-0.2, -0.15) is 24.3 Å². The molecule has 0 radical (unpaired) electrons. The van der Waals surface area contributed by atoms with Crippen LogP contribution in [0.3, 0.4) is 0 Å². The van der Waals surface area contributed by atoms with Gasteiger partial charge in [-0.05, 0) is 56.1 Å². The Morgan fingerprint density at radius 3 is 1.22 bits per heavy atom. The van der Waals surface area contributed by atoms with E-state index in [0.29, 0.717) is 0 Å². The van der Waals surface area contributed by atoms with E-state index in [4.69, 9.17) is 0 Å². The second kappa shape index (κ2) is 18.4. The SMILES string of the molecule is [Pt+2].[Pt+2].[c-]1ccsc1-c1ccccn1.[c-]1ccsc1-c1ccccn1.c1ccc2c(c1)[n-]c1ncccc12.c1ccc2c(c1)[n-]c1ncccc12. The second-order valence-electron chi connectivity index (χ2n) is 10.2. The summed E-state index contributed by atoms with van der Waals surface area (Å²) >= 11 is 3.32. The van der Waals surface area contributed by atoms with Gasteiger partial charge in [0, 0.05) is 12.4 Å². The zero-order valence-corrected chi connectivity index (χ0v) is 32.3. The maximum atomic E-state index is 4.40. The van der Waals surface area contributed by atoms with Crippen LogP contribution in [0.15, 0.2) is 157 Å². The fraction of sp³-hybridized carbons (Fsp3) is 0. The van der Waals surface area contributed by atoms with Gasteiger partial charge in [-0.25, -0.2) is 22.7 Å². The van der Waals surface area contributed by atoms with Gasteiger partial charge < -0.3 is 29.9 Å². The molecule has 50 heavy (non-hydrogen) atoms. The van der Waals surface area contributed by atoms with Crippen LogP contribution in [0.2, 0.25) is 0 Å². The van der Waals surface area contributed by atoms with Crippen LogP contribution in [-0.2, 0) is 42.1 Å². The summed E-state index contributed by atoms with van der Waals surface area (Å²) in [5.41, 5.74) is 5.73. The molecule has 0 saturated heterocycles. The molecule has 0 N–H and O–H groups in total. The van der Waals surface area contributed by atoms with Gasteiger partial charge in [-0.3, -0.25) is 0 Å². The molecular formula is C40H26N6Pt2S2. The van der Waals surface area contributed by atoms with E-state index >= 15 is 0 Å². The molecule has 8 aromatic heterocycles. The predicted octanol–water partition coefficient (Wildman–Crippen LogP) is 9.91. The van der Waals surface area contributed by atoms with Crippen molar-refractivity contribution in [3.63, 3.8) is 0 Å². The van der Waals surface area contributed by atoms with Crippen LogP contribution in [0.5, 0.6) is 0 Å². The quantitative estimate of drug-likeness (QED) is 0.161. The molecule has 0 bridgehead atoms. The van der Waals surface area contributed by atoms with E-state index in [-0.39, 0.29) is 42.1 Å². The molecule has 0 aliphatic heterocycles. The summed E-state index contributed by atoms with van der Waals surface area (Å²) in [5.74, 6) is 0. The van der Waals surface area contributed by atoms with Crippen LogP contribution >= 0.6 is 22.7 Å². The van der Waals surface area contributed by atoms with Crippen molar-refractivity contribution < 1.29 is 42.1 Å². The molecule has 0 amide bonds. The Kier molecular flexibility index (Phi) is 13.5. The summed E-state index contributed by atoms with van der Waals surface area (Å²) in [6.07, 6.45) is 7.13. The summed E-state index contributed by atoms with van der Waals surface area (Å²) in [7, 11) is 0. The number of aromatic nitrogens is 6. The third-order valence-corrected chi connectivity index (χ3v) is 8.82. The molecule has 2 aromatic carbocycles. The zero-order chi connectivity index (χ0) is 32.4. The van der Waals surface area contributed by atoms with Crippen LogP contribution < -0.4 is 9.97 Å². The van der Waals surface area contributed by atoms with Crippen LogP contribution in [0.25, 0.3) is 65.0 Å². The summed E-state index contributed by atoms with van der Waals surface area (Å²) in [5, 5.41) is 8.65. The van der Waals surface area contributed by atoms with Crippen LogP contribution in [0, 0.1) is 12.1 Å². The maximum absolute atomic E-state index is 4.40. The molecule has 10 aromatic rings. The number of hydrogen-bond donors (Lipinski definition) is 0. The van der Waals surface area contributed by atoms with Crippen molar-refractivity contribution in [3.8, 4) is 21.1 Å². The minimum Gasteiger partial charge on any atom is -0.442 e. The van der Waals surface area contributed by atoms with Gasteiger partial charge in [0.15, 0.2) is 0 Å². The van der Waals surface area contributed by atoms with Gasteiger partial charge in [-0.15, -0.1) is 10.8 Å². The molecule has 10 rings (SSSR count). The Balaban J connectivity index is 0.000000128. The Bertz CT molecular complexity index is 2190. The zero-order valence-electron chi connectivity index (χ0n) is 26.1. The normalized spacial score (nSPS) is 10.1. The van der Waals surface area contributed by atoms with Gasteiger partial charge >= 0.3 is 42.1 Å². The van der Waals surface area contributed by atoms with Crippen molar-refractivity contribution in [1.82, 2.24) is 29.9 Å². The van der Waals surface area contributed by atoms with Gasteiger partial charge in [0.05, 0.1) is 0 Å². The monoisotopic (exact) mass is 1040 g/mol. The molecule has 0 aliphatic rings. The molecule has 0 saturated carbocycles. The number of benzene rings is 2. The Hall–Kier alpha value is -4.58. The molecule has 0 fully saturated rings. The minimum absolute atomic E-state index is 0. The molecule has 6 nitrogen and oxygen atoms in total. The number of para-hydroxylation sites is 2. The maximum Gasteiger partial charge on any atom is 2.00 e. The molecule has 248 valence electrons. The van der Waals surface area contributed by atoms with E-state index in [1.165, 1.54) is 10.8 Å². The van der Waals surface area contributed by atoms with E-state index in [1.54, 1.807) is 47.5 Å². The summed E-state index contributed by atoms with van der Waals surface area (Å²) in [6.45, 7) is 0. The molecule has 0 unspecified atom stereocenters. The molecule has 8 heterocycles. The Morgan fingerprint density at radius 2 is 0.820 bits per heavy atom. The number of pyridine rings is 4. The number of nitrogens with zero attached hydrogens (tertiary/aromatic N) is 6. The topological polar surface area (TPSA) is 79.8 Å². The van der Waals surface area contributed by atoms with Gasteiger partial charge in [0.25, 0.3) is 0 Å². The number of hydrogen-bond acceptors (Lipinski definition) is 6. The standard InChI is InChI=1S/2C11H7N2.2C9H6NS.2Pt/c2*1-2-6-10-8(4-1)9-5-3-7-12-11(9)13-10;2*1-2-6-10-8(4-1)9-5-3-7-11-9;;/h2*1-7H;2*1-4,6-7H;;/q4*-1;2*+2. The first-order valence-electron chi connectivity index (χ1n) is 15.1. The first kappa shape index (κ1) is 36.7. The van der Waals surface area contributed by atoms with Crippen molar-refractivity contribution >= 4 is 66.5 Å². The number of rotatable bonds is 2. The van der Waals surface area contributed by atoms with E-state index in [1.807, 2.05) is 108 Å². The number of fused-ring (bicyclic) bond motifs is 6. The fourth-order valence-corrected chi connectivity index (χ4v) is 6.27. The molecule has 0 spiro atoms. The first-order chi connectivity index (χ1) is 23.8. The smallest absolute Gasteiger partial charge is 0.442 e. The van der Waals surface area contributed by atoms with Crippen molar-refractivity contribution in [3.05, 3.63) is 169 Å². The van der Waals surface area contributed by atoms with E-state index < -0.39 is 0 Å². The van der Waals surface area contributed by atoms with Crippen molar-refractivity contribution in [1.29, 1.82) is 0 Å². The largest absolute Gasteiger partial charge is 2.00 e. The van der Waals surface area contributed by atoms with Gasteiger partial charge in [-0.1, -0.05) is 131 Å². The van der Waals surface area contributed by atoms with Crippen LogP contribution in [-0.4, -0.2) is 19.9 Å². The molecular weight excluding hydrogens is 1020 g/mol. The van der Waals surface area contributed by atoms with E-state index in [9.17, 15) is 0 Å². The third kappa shape index (κ3) is 8.95. The second-order valence-corrected chi connectivity index (χ2v) is 12.1. The molecule has 0 aliphatic carbocycles. The average Bonchev–Trinajstić information content (AvgIpc) is 4.00. The fourth-order valence-electron chi connectivity index (χ4n) is 4.97. The minimum atomic E-state index is 0.